The zero-order chi connectivity index (χ0) is 20.4. The van der Waals surface area contributed by atoms with Gasteiger partial charge in [0.25, 0.3) is 0 Å². The Morgan fingerprint density at radius 3 is 2.86 bits per heavy atom. The number of carbonyl (C=O) groups excluding carboxylic acids is 2. The lowest BCUT2D eigenvalue weighted by Crippen LogP contribution is -2.33. The number of aromatic nitrogens is 1. The van der Waals surface area contributed by atoms with Crippen LogP contribution < -0.4 is 5.32 Å². The SMILES string of the molecule is CC(C(=O)NC1=Nc2ccc(CC(=O)c3cscn3)cc2C1)c1cccc(Cl)c1. The maximum Gasteiger partial charge on any atom is 0.232 e. The van der Waals surface area contributed by atoms with Gasteiger partial charge in [0.05, 0.1) is 17.1 Å². The number of amides is 1. The van der Waals surface area contributed by atoms with Crippen molar-refractivity contribution in [1.82, 2.24) is 10.3 Å². The first-order chi connectivity index (χ1) is 14.0. The minimum atomic E-state index is -0.341. The van der Waals surface area contributed by atoms with E-state index in [9.17, 15) is 9.59 Å². The van der Waals surface area contributed by atoms with E-state index < -0.39 is 0 Å². The van der Waals surface area contributed by atoms with Crippen molar-refractivity contribution >= 4 is 46.2 Å². The zero-order valence-electron chi connectivity index (χ0n) is 15.7. The number of fused-ring (bicyclic) bond motifs is 1. The number of carbonyl (C=O) groups is 2. The molecule has 2 aromatic carbocycles. The third-order valence-electron chi connectivity index (χ3n) is 4.85. The molecular formula is C22H18ClN3O2S. The van der Waals surface area contributed by atoms with E-state index >= 15 is 0 Å². The van der Waals surface area contributed by atoms with Gasteiger partial charge < -0.3 is 5.32 Å². The summed E-state index contributed by atoms with van der Waals surface area (Å²) >= 11 is 7.43. The Kier molecular flexibility index (Phi) is 5.56. The molecule has 3 aromatic rings. The maximum atomic E-state index is 12.6. The number of ketones is 1. The average Bonchev–Trinajstić information content (AvgIpc) is 3.36. The molecule has 1 N–H and O–H groups in total. The van der Waals surface area contributed by atoms with Crippen LogP contribution in [0.15, 0.2) is 58.3 Å². The first kappa shape index (κ1) is 19.5. The largest absolute Gasteiger partial charge is 0.313 e. The molecule has 0 spiro atoms. The number of rotatable bonds is 5. The van der Waals surface area contributed by atoms with Gasteiger partial charge in [-0.05, 0) is 41.8 Å². The Bertz CT molecular complexity index is 1110. The molecule has 1 unspecified atom stereocenters. The Balaban J connectivity index is 1.40. The van der Waals surface area contributed by atoms with Gasteiger partial charge in [-0.25, -0.2) is 9.98 Å². The van der Waals surface area contributed by atoms with Crippen molar-refractivity contribution in [3.63, 3.8) is 0 Å². The van der Waals surface area contributed by atoms with E-state index in [1.807, 2.05) is 37.3 Å². The van der Waals surface area contributed by atoms with Crippen LogP contribution in [0, 0.1) is 0 Å². The number of amidine groups is 1. The highest BCUT2D eigenvalue weighted by Gasteiger charge is 2.21. The van der Waals surface area contributed by atoms with Crippen molar-refractivity contribution in [2.45, 2.75) is 25.7 Å². The third-order valence-corrected chi connectivity index (χ3v) is 5.67. The lowest BCUT2D eigenvalue weighted by molar-refractivity contribution is -0.120. The van der Waals surface area contributed by atoms with E-state index in [-0.39, 0.29) is 17.6 Å². The van der Waals surface area contributed by atoms with Gasteiger partial charge in [-0.2, -0.15) is 0 Å². The molecule has 1 amide bonds. The molecule has 7 heteroatoms. The van der Waals surface area contributed by atoms with E-state index in [1.165, 1.54) is 11.3 Å². The number of nitrogens with zero attached hydrogens (tertiary/aromatic N) is 2. The van der Waals surface area contributed by atoms with Gasteiger partial charge in [0.15, 0.2) is 5.78 Å². The number of hydrogen-bond donors (Lipinski definition) is 1. The Morgan fingerprint density at radius 2 is 2.10 bits per heavy atom. The molecular weight excluding hydrogens is 406 g/mol. The van der Waals surface area contributed by atoms with Crippen LogP contribution in [-0.4, -0.2) is 22.5 Å². The predicted octanol–water partition coefficient (Wildman–Crippen LogP) is 4.73. The Labute approximate surface area is 177 Å². The second kappa shape index (κ2) is 8.27. The molecule has 1 aromatic heterocycles. The van der Waals surface area contributed by atoms with E-state index in [0.29, 0.717) is 29.4 Å². The van der Waals surface area contributed by atoms with E-state index in [2.05, 4.69) is 15.3 Å². The van der Waals surface area contributed by atoms with E-state index in [1.54, 1.807) is 23.0 Å². The van der Waals surface area contributed by atoms with Gasteiger partial charge in [0.2, 0.25) is 5.91 Å². The zero-order valence-corrected chi connectivity index (χ0v) is 17.3. The molecule has 0 saturated carbocycles. The fraction of sp³-hybridized carbons (Fsp3) is 0.182. The molecule has 1 aliphatic heterocycles. The minimum Gasteiger partial charge on any atom is -0.313 e. The number of nitrogens with one attached hydrogen (secondary N) is 1. The number of thiazole rings is 1. The molecule has 0 bridgehead atoms. The van der Waals surface area contributed by atoms with Gasteiger partial charge >= 0.3 is 0 Å². The van der Waals surface area contributed by atoms with Gasteiger partial charge in [0, 0.05) is 23.2 Å². The fourth-order valence-corrected chi connectivity index (χ4v) is 4.00. The summed E-state index contributed by atoms with van der Waals surface area (Å²) in [5.74, 6) is 0.139. The number of Topliss-reactive ketones (excluding diaryl/α,β-unsaturated/α-hetero) is 1. The van der Waals surface area contributed by atoms with Gasteiger partial charge in [-0.3, -0.25) is 9.59 Å². The molecule has 146 valence electrons. The van der Waals surface area contributed by atoms with Crippen LogP contribution in [0.5, 0.6) is 0 Å². The summed E-state index contributed by atoms with van der Waals surface area (Å²) in [6.07, 6.45) is 0.826. The van der Waals surface area contributed by atoms with E-state index in [4.69, 9.17) is 11.6 Å². The summed E-state index contributed by atoms with van der Waals surface area (Å²) in [5.41, 5.74) is 5.74. The summed E-state index contributed by atoms with van der Waals surface area (Å²) in [6, 6.07) is 13.0. The van der Waals surface area contributed by atoms with Crippen molar-refractivity contribution in [3.8, 4) is 0 Å². The highest BCUT2D eigenvalue weighted by Crippen LogP contribution is 2.28. The number of aliphatic imine (C=N–C) groups is 1. The minimum absolute atomic E-state index is 0.00557. The smallest absolute Gasteiger partial charge is 0.232 e. The Hall–Kier alpha value is -2.83. The lowest BCUT2D eigenvalue weighted by Gasteiger charge is -2.12. The monoisotopic (exact) mass is 423 g/mol. The standard InChI is InChI=1S/C22H18ClN3O2S/c1-13(15-3-2-4-17(23)9-15)22(28)26-21-10-16-7-14(5-6-18(16)25-21)8-20(27)19-11-29-12-24-19/h2-7,9,11-13H,8,10H2,1H3,(H,25,26,28). The van der Waals surface area contributed by atoms with Crippen LogP contribution in [0.2, 0.25) is 5.02 Å². The molecule has 4 rings (SSSR count). The average molecular weight is 424 g/mol. The third kappa shape index (κ3) is 4.44. The van der Waals surface area contributed by atoms with Crippen molar-refractivity contribution in [2.24, 2.45) is 4.99 Å². The maximum absolute atomic E-state index is 12.6. The topological polar surface area (TPSA) is 71.4 Å². The molecule has 1 aliphatic rings. The molecule has 1 atom stereocenters. The van der Waals surface area contributed by atoms with Crippen LogP contribution in [0.1, 0.15) is 40.0 Å². The number of benzene rings is 2. The highest BCUT2D eigenvalue weighted by atomic mass is 35.5. The van der Waals surface area contributed by atoms with Crippen LogP contribution >= 0.6 is 22.9 Å². The molecule has 0 radical (unpaired) electrons. The van der Waals surface area contributed by atoms with Crippen LogP contribution in [0.4, 0.5) is 5.69 Å². The van der Waals surface area contributed by atoms with Crippen molar-refractivity contribution < 1.29 is 9.59 Å². The Morgan fingerprint density at radius 1 is 1.24 bits per heavy atom. The molecule has 0 fully saturated rings. The van der Waals surface area contributed by atoms with Gasteiger partial charge in [-0.15, -0.1) is 11.3 Å². The van der Waals surface area contributed by atoms with Crippen molar-refractivity contribution in [1.29, 1.82) is 0 Å². The normalized spacial score (nSPS) is 13.5. The molecule has 5 nitrogen and oxygen atoms in total. The van der Waals surface area contributed by atoms with Crippen LogP contribution in [-0.2, 0) is 17.6 Å². The second-order valence-electron chi connectivity index (χ2n) is 6.94. The lowest BCUT2D eigenvalue weighted by atomic mass is 10.00. The first-order valence-corrected chi connectivity index (χ1v) is 10.5. The van der Waals surface area contributed by atoms with Crippen molar-refractivity contribution in [2.75, 3.05) is 0 Å². The summed E-state index contributed by atoms with van der Waals surface area (Å²) < 4.78 is 0. The quantitative estimate of drug-likeness (QED) is 0.603. The van der Waals surface area contributed by atoms with Crippen molar-refractivity contribution in [3.05, 3.63) is 80.8 Å². The second-order valence-corrected chi connectivity index (χ2v) is 8.09. The number of hydrogen-bond acceptors (Lipinski definition) is 5. The first-order valence-electron chi connectivity index (χ1n) is 9.16. The number of halogens is 1. The van der Waals surface area contributed by atoms with Gasteiger partial charge in [-0.1, -0.05) is 35.9 Å². The molecule has 0 saturated heterocycles. The summed E-state index contributed by atoms with van der Waals surface area (Å²) in [7, 11) is 0. The molecule has 2 heterocycles. The highest BCUT2D eigenvalue weighted by molar-refractivity contribution is 7.07. The molecule has 29 heavy (non-hydrogen) atoms. The summed E-state index contributed by atoms with van der Waals surface area (Å²) in [5, 5.41) is 5.28. The predicted molar refractivity (Wildman–Crippen MR) is 115 cm³/mol. The van der Waals surface area contributed by atoms with Crippen LogP contribution in [0.3, 0.4) is 0 Å². The summed E-state index contributed by atoms with van der Waals surface area (Å²) in [6.45, 7) is 1.84. The van der Waals surface area contributed by atoms with Crippen LogP contribution in [0.25, 0.3) is 0 Å². The van der Waals surface area contributed by atoms with Gasteiger partial charge in [0.1, 0.15) is 11.5 Å². The molecule has 0 aliphatic carbocycles. The van der Waals surface area contributed by atoms with E-state index in [0.717, 1.165) is 22.4 Å². The summed E-state index contributed by atoms with van der Waals surface area (Å²) in [4.78, 5) is 33.5. The fourth-order valence-electron chi connectivity index (χ4n) is 3.24.